The number of hydrogen-bond acceptors (Lipinski definition) is 2. The van der Waals surface area contributed by atoms with Crippen molar-refractivity contribution in [1.82, 2.24) is 14.7 Å². The largest absolute Gasteiger partial charge is 0.416 e. The molecule has 0 radical (unpaired) electrons. The summed E-state index contributed by atoms with van der Waals surface area (Å²) >= 11 is 5.78. The fraction of sp³-hybridized carbons (Fsp3) is 0.333. The van der Waals surface area contributed by atoms with Crippen LogP contribution in [0.15, 0.2) is 36.7 Å². The maximum Gasteiger partial charge on any atom is 0.416 e. The zero-order valence-electron chi connectivity index (χ0n) is 11.9. The van der Waals surface area contributed by atoms with Gasteiger partial charge in [0.05, 0.1) is 16.8 Å². The Morgan fingerprint density at radius 1 is 1.26 bits per heavy atom. The molecule has 0 bridgehead atoms. The number of carbonyl (C=O) groups is 1. The third kappa shape index (κ3) is 3.50. The molecule has 1 aromatic carbocycles. The third-order valence-corrected chi connectivity index (χ3v) is 3.95. The number of hydrogen-bond donors (Lipinski definition) is 0. The Hall–Kier alpha value is -2.02. The first-order chi connectivity index (χ1) is 10.8. The van der Waals surface area contributed by atoms with Gasteiger partial charge in [-0.05, 0) is 24.3 Å². The zero-order chi connectivity index (χ0) is 16.6. The van der Waals surface area contributed by atoms with E-state index in [1.807, 2.05) is 0 Å². The predicted molar refractivity (Wildman–Crippen MR) is 78.1 cm³/mol. The molecule has 1 fully saturated rings. The van der Waals surface area contributed by atoms with E-state index in [9.17, 15) is 18.0 Å². The lowest BCUT2D eigenvalue weighted by molar-refractivity contribution is -0.137. The van der Waals surface area contributed by atoms with Crippen molar-refractivity contribution in [2.75, 3.05) is 13.1 Å². The van der Waals surface area contributed by atoms with Crippen LogP contribution < -0.4 is 0 Å². The standard InChI is InChI=1S/C15H13ClF3N3O/c16-13-5-20-22(9-13)8-10-6-21(7-10)14(23)11-1-3-12(4-2-11)15(17,18)19/h1-5,9-10H,6-8H2. The molecule has 0 N–H and O–H groups in total. The molecule has 0 aliphatic carbocycles. The lowest BCUT2D eigenvalue weighted by Gasteiger charge is -2.39. The molecule has 1 aromatic heterocycles. The van der Waals surface area contributed by atoms with Crippen molar-refractivity contribution < 1.29 is 18.0 Å². The van der Waals surface area contributed by atoms with Gasteiger partial charge in [0.2, 0.25) is 0 Å². The second-order valence-corrected chi connectivity index (χ2v) is 5.97. The van der Waals surface area contributed by atoms with Gasteiger partial charge in [0.15, 0.2) is 0 Å². The first-order valence-electron chi connectivity index (χ1n) is 6.97. The molecule has 2 heterocycles. The highest BCUT2D eigenvalue weighted by Crippen LogP contribution is 2.29. The van der Waals surface area contributed by atoms with Gasteiger partial charge < -0.3 is 4.90 Å². The van der Waals surface area contributed by atoms with Gasteiger partial charge in [0, 0.05) is 37.3 Å². The van der Waals surface area contributed by atoms with E-state index in [1.165, 1.54) is 12.1 Å². The van der Waals surface area contributed by atoms with Crippen LogP contribution in [0.3, 0.4) is 0 Å². The number of halogens is 4. The summed E-state index contributed by atoms with van der Waals surface area (Å²) in [5.74, 6) is 0.0119. The zero-order valence-corrected chi connectivity index (χ0v) is 12.7. The summed E-state index contributed by atoms with van der Waals surface area (Å²) in [7, 11) is 0. The Balaban J connectivity index is 1.56. The first kappa shape index (κ1) is 15.9. The third-order valence-electron chi connectivity index (χ3n) is 3.75. The van der Waals surface area contributed by atoms with Crippen LogP contribution in [0, 0.1) is 5.92 Å². The number of carbonyl (C=O) groups excluding carboxylic acids is 1. The van der Waals surface area contributed by atoms with Crippen molar-refractivity contribution in [3.63, 3.8) is 0 Å². The number of nitrogens with zero attached hydrogens (tertiary/aromatic N) is 3. The minimum atomic E-state index is -4.39. The van der Waals surface area contributed by atoms with E-state index in [0.717, 1.165) is 12.1 Å². The second-order valence-electron chi connectivity index (χ2n) is 5.53. The number of rotatable bonds is 3. The van der Waals surface area contributed by atoms with Gasteiger partial charge in [0.1, 0.15) is 0 Å². The summed E-state index contributed by atoms with van der Waals surface area (Å²) in [5.41, 5.74) is -0.496. The maximum atomic E-state index is 12.5. The van der Waals surface area contributed by atoms with Gasteiger partial charge in [-0.25, -0.2) is 0 Å². The van der Waals surface area contributed by atoms with Crippen molar-refractivity contribution in [2.24, 2.45) is 5.92 Å². The molecule has 1 amide bonds. The van der Waals surface area contributed by atoms with E-state index in [1.54, 1.807) is 22.0 Å². The normalized spacial score (nSPS) is 15.6. The van der Waals surface area contributed by atoms with Crippen LogP contribution in [0.25, 0.3) is 0 Å². The minimum absolute atomic E-state index is 0.256. The SMILES string of the molecule is O=C(c1ccc(C(F)(F)F)cc1)N1CC(Cn2cc(Cl)cn2)C1. The molecule has 3 rings (SSSR count). The Morgan fingerprint density at radius 3 is 2.43 bits per heavy atom. The molecule has 0 spiro atoms. The molecule has 0 unspecified atom stereocenters. The van der Waals surface area contributed by atoms with Gasteiger partial charge in [0.25, 0.3) is 5.91 Å². The Labute approximate surface area is 135 Å². The van der Waals surface area contributed by atoms with E-state index in [2.05, 4.69) is 5.10 Å². The smallest absolute Gasteiger partial charge is 0.338 e. The molecule has 1 aliphatic heterocycles. The number of benzene rings is 1. The van der Waals surface area contributed by atoms with Crippen molar-refractivity contribution in [3.05, 3.63) is 52.8 Å². The molecular weight excluding hydrogens is 331 g/mol. The molecule has 2 aromatic rings. The number of likely N-dealkylation sites (tertiary alicyclic amines) is 1. The molecule has 0 atom stereocenters. The highest BCUT2D eigenvalue weighted by Gasteiger charge is 2.33. The van der Waals surface area contributed by atoms with Crippen LogP contribution in [0.2, 0.25) is 5.02 Å². The summed E-state index contributed by atoms with van der Waals surface area (Å²) in [5, 5.41) is 4.63. The lowest BCUT2D eigenvalue weighted by atomic mass is 9.98. The van der Waals surface area contributed by atoms with E-state index in [-0.39, 0.29) is 17.4 Å². The van der Waals surface area contributed by atoms with E-state index >= 15 is 0 Å². The Bertz CT molecular complexity index is 706. The summed E-state index contributed by atoms with van der Waals surface area (Å²) in [4.78, 5) is 13.8. The average molecular weight is 344 g/mol. The Morgan fingerprint density at radius 2 is 1.91 bits per heavy atom. The van der Waals surface area contributed by atoms with Crippen LogP contribution in [0.1, 0.15) is 15.9 Å². The van der Waals surface area contributed by atoms with Gasteiger partial charge in [-0.1, -0.05) is 11.6 Å². The molecule has 4 nitrogen and oxygen atoms in total. The van der Waals surface area contributed by atoms with Gasteiger partial charge in [-0.3, -0.25) is 9.48 Å². The van der Waals surface area contributed by atoms with Crippen LogP contribution in [-0.2, 0) is 12.7 Å². The maximum absolute atomic E-state index is 12.5. The van der Waals surface area contributed by atoms with Crippen LogP contribution in [0.4, 0.5) is 13.2 Å². The van der Waals surface area contributed by atoms with Crippen molar-refractivity contribution >= 4 is 17.5 Å². The first-order valence-corrected chi connectivity index (χ1v) is 7.35. The number of amides is 1. The van der Waals surface area contributed by atoms with Crippen LogP contribution in [0.5, 0.6) is 0 Å². The quantitative estimate of drug-likeness (QED) is 0.857. The van der Waals surface area contributed by atoms with Gasteiger partial charge in [-0.15, -0.1) is 0 Å². The van der Waals surface area contributed by atoms with E-state index < -0.39 is 11.7 Å². The molecule has 122 valence electrons. The predicted octanol–water partition coefficient (Wildman–Crippen LogP) is 3.33. The number of aromatic nitrogens is 2. The fourth-order valence-corrected chi connectivity index (χ4v) is 2.69. The Kier molecular flexibility index (Phi) is 4.06. The van der Waals surface area contributed by atoms with Crippen molar-refractivity contribution in [1.29, 1.82) is 0 Å². The highest BCUT2D eigenvalue weighted by molar-refractivity contribution is 6.30. The summed E-state index contributed by atoms with van der Waals surface area (Å²) in [6.07, 6.45) is -1.14. The molecule has 0 saturated carbocycles. The second kappa shape index (κ2) is 5.88. The molecular formula is C15H13ClF3N3O. The van der Waals surface area contributed by atoms with Crippen LogP contribution in [-0.4, -0.2) is 33.7 Å². The summed E-state index contributed by atoms with van der Waals surface area (Å²) in [6, 6.07) is 4.28. The van der Waals surface area contributed by atoms with Crippen molar-refractivity contribution in [3.8, 4) is 0 Å². The number of alkyl halides is 3. The monoisotopic (exact) mass is 343 g/mol. The summed E-state index contributed by atoms with van der Waals surface area (Å²) in [6.45, 7) is 1.76. The minimum Gasteiger partial charge on any atom is -0.338 e. The average Bonchev–Trinajstić information content (AvgIpc) is 2.86. The highest BCUT2D eigenvalue weighted by atomic mass is 35.5. The fourth-order valence-electron chi connectivity index (χ4n) is 2.54. The molecule has 1 aliphatic rings. The molecule has 1 saturated heterocycles. The summed E-state index contributed by atoms with van der Waals surface area (Å²) < 4.78 is 39.2. The van der Waals surface area contributed by atoms with E-state index in [0.29, 0.717) is 24.7 Å². The molecule has 8 heteroatoms. The lowest BCUT2D eigenvalue weighted by Crippen LogP contribution is -2.51. The topological polar surface area (TPSA) is 38.1 Å². The molecule has 23 heavy (non-hydrogen) atoms. The van der Waals surface area contributed by atoms with Crippen molar-refractivity contribution in [2.45, 2.75) is 12.7 Å². The van der Waals surface area contributed by atoms with Gasteiger partial charge >= 0.3 is 6.18 Å². The van der Waals surface area contributed by atoms with Crippen LogP contribution >= 0.6 is 11.6 Å². The van der Waals surface area contributed by atoms with Gasteiger partial charge in [-0.2, -0.15) is 18.3 Å². The van der Waals surface area contributed by atoms with E-state index in [4.69, 9.17) is 11.6 Å².